The number of hydrogen-bond donors (Lipinski definition) is 2. The van der Waals surface area contributed by atoms with E-state index in [4.69, 9.17) is 10.2 Å². The first-order valence-electron chi connectivity index (χ1n) is 3.19. The molecule has 0 fully saturated rings. The molecule has 1 rings (SSSR count). The van der Waals surface area contributed by atoms with Crippen LogP contribution in [-0.4, -0.2) is 41.3 Å². The number of aliphatic hydroxyl groups excluding tert-OH is 2. The Kier molecular flexibility index (Phi) is 2.83. The normalized spacial score (nSPS) is 16.3. The number of aliphatic hydroxyl groups is 2. The Balaban J connectivity index is 2.19. The van der Waals surface area contributed by atoms with Crippen LogP contribution >= 0.6 is 0 Å². The van der Waals surface area contributed by atoms with Crippen LogP contribution in [0.25, 0.3) is 0 Å². The Morgan fingerprint density at radius 1 is 1.67 bits per heavy atom. The van der Waals surface area contributed by atoms with E-state index in [2.05, 4.69) is 20.2 Å². The number of esters is 1. The van der Waals surface area contributed by atoms with Crippen molar-refractivity contribution in [1.29, 1.82) is 0 Å². The standard InChI is InChI=1S/C5H7N3O4/c9-1-3(10)2-12-5(11)4-6-8-7-4/h3,9-10H,1-2H2. The van der Waals surface area contributed by atoms with E-state index in [9.17, 15) is 4.79 Å². The number of rotatable bonds is 4. The van der Waals surface area contributed by atoms with Gasteiger partial charge < -0.3 is 14.9 Å². The Morgan fingerprint density at radius 2 is 2.33 bits per heavy atom. The SMILES string of the molecule is O=C(OCC(O)CO)C1=NN=N1. The van der Waals surface area contributed by atoms with E-state index in [1.54, 1.807) is 0 Å². The highest BCUT2D eigenvalue weighted by molar-refractivity contribution is 6.36. The highest BCUT2D eigenvalue weighted by atomic mass is 16.5. The Hall–Kier alpha value is -1.34. The third-order valence-electron chi connectivity index (χ3n) is 1.08. The Bertz CT molecular complexity index is 237. The van der Waals surface area contributed by atoms with E-state index in [-0.39, 0.29) is 12.4 Å². The van der Waals surface area contributed by atoms with E-state index in [1.165, 1.54) is 0 Å². The lowest BCUT2D eigenvalue weighted by Crippen LogP contribution is -2.26. The first kappa shape index (κ1) is 8.75. The van der Waals surface area contributed by atoms with Gasteiger partial charge in [0.1, 0.15) is 12.7 Å². The molecule has 0 aromatic heterocycles. The van der Waals surface area contributed by atoms with Gasteiger partial charge in [-0.1, -0.05) is 0 Å². The van der Waals surface area contributed by atoms with Gasteiger partial charge in [0.2, 0.25) is 0 Å². The second kappa shape index (κ2) is 3.88. The first-order chi connectivity index (χ1) is 5.74. The van der Waals surface area contributed by atoms with Gasteiger partial charge in [-0.3, -0.25) is 0 Å². The molecule has 7 nitrogen and oxygen atoms in total. The van der Waals surface area contributed by atoms with E-state index < -0.39 is 18.7 Å². The summed E-state index contributed by atoms with van der Waals surface area (Å²) in [7, 11) is 0. The number of amidine groups is 1. The van der Waals surface area contributed by atoms with Crippen molar-refractivity contribution in [3.8, 4) is 0 Å². The van der Waals surface area contributed by atoms with Crippen LogP contribution in [0.3, 0.4) is 0 Å². The van der Waals surface area contributed by atoms with Crippen LogP contribution in [0.4, 0.5) is 0 Å². The number of ether oxygens (including phenoxy) is 1. The molecule has 66 valence electrons. The molecule has 0 aliphatic carbocycles. The van der Waals surface area contributed by atoms with Gasteiger partial charge >= 0.3 is 5.97 Å². The summed E-state index contributed by atoms with van der Waals surface area (Å²) >= 11 is 0. The molecule has 0 saturated carbocycles. The fourth-order valence-corrected chi connectivity index (χ4v) is 0.460. The molecule has 2 N–H and O–H groups in total. The summed E-state index contributed by atoms with van der Waals surface area (Å²) in [6.07, 6.45) is -1.06. The summed E-state index contributed by atoms with van der Waals surface area (Å²) in [5.74, 6) is -0.877. The van der Waals surface area contributed by atoms with Crippen molar-refractivity contribution < 1.29 is 19.7 Å². The maximum absolute atomic E-state index is 10.7. The molecule has 1 atom stereocenters. The van der Waals surface area contributed by atoms with Crippen LogP contribution in [0.15, 0.2) is 15.4 Å². The predicted molar refractivity (Wildman–Crippen MR) is 36.3 cm³/mol. The van der Waals surface area contributed by atoms with Crippen LogP contribution in [0.2, 0.25) is 0 Å². The van der Waals surface area contributed by atoms with Crippen molar-refractivity contribution in [3.63, 3.8) is 0 Å². The summed E-state index contributed by atoms with van der Waals surface area (Å²) in [6, 6.07) is 0. The molecule has 1 aliphatic heterocycles. The molecule has 0 amide bonds. The molecule has 0 saturated heterocycles. The predicted octanol–water partition coefficient (Wildman–Crippen LogP) is -1.34. The quantitative estimate of drug-likeness (QED) is 0.513. The van der Waals surface area contributed by atoms with E-state index in [1.807, 2.05) is 0 Å². The van der Waals surface area contributed by atoms with E-state index in [0.717, 1.165) is 0 Å². The minimum Gasteiger partial charge on any atom is -0.457 e. The smallest absolute Gasteiger partial charge is 0.380 e. The van der Waals surface area contributed by atoms with Gasteiger partial charge in [0.25, 0.3) is 5.84 Å². The van der Waals surface area contributed by atoms with Crippen LogP contribution in [0, 0.1) is 0 Å². The lowest BCUT2D eigenvalue weighted by atomic mass is 10.4. The molecule has 0 aromatic rings. The van der Waals surface area contributed by atoms with Crippen molar-refractivity contribution in [2.45, 2.75) is 6.10 Å². The van der Waals surface area contributed by atoms with Gasteiger partial charge in [0.15, 0.2) is 0 Å². The molecular formula is C5H7N3O4. The van der Waals surface area contributed by atoms with Crippen LogP contribution in [-0.2, 0) is 9.53 Å². The zero-order valence-electron chi connectivity index (χ0n) is 6.04. The summed E-state index contributed by atoms with van der Waals surface area (Å²) in [6.45, 7) is -0.731. The van der Waals surface area contributed by atoms with Gasteiger partial charge in [-0.2, -0.15) is 0 Å². The van der Waals surface area contributed by atoms with Gasteiger partial charge in [-0.05, 0) is 5.22 Å². The van der Waals surface area contributed by atoms with Crippen LogP contribution < -0.4 is 0 Å². The topological polar surface area (TPSA) is 104 Å². The van der Waals surface area contributed by atoms with Gasteiger partial charge in [-0.15, -0.1) is 10.2 Å². The fourth-order valence-electron chi connectivity index (χ4n) is 0.460. The van der Waals surface area contributed by atoms with E-state index >= 15 is 0 Å². The molecule has 7 heteroatoms. The minimum atomic E-state index is -1.06. The summed E-state index contributed by atoms with van der Waals surface area (Å²) < 4.78 is 4.47. The van der Waals surface area contributed by atoms with Crippen molar-refractivity contribution in [2.75, 3.05) is 13.2 Å². The lowest BCUT2D eigenvalue weighted by molar-refractivity contribution is -0.139. The van der Waals surface area contributed by atoms with Crippen molar-refractivity contribution >= 4 is 11.8 Å². The molecule has 12 heavy (non-hydrogen) atoms. The Labute approximate surface area is 67.4 Å². The second-order valence-electron chi connectivity index (χ2n) is 2.05. The largest absolute Gasteiger partial charge is 0.457 e. The molecule has 0 aromatic carbocycles. The highest BCUT2D eigenvalue weighted by Crippen LogP contribution is 1.99. The number of nitrogens with zero attached hydrogens (tertiary/aromatic N) is 3. The van der Waals surface area contributed by atoms with Gasteiger partial charge in [-0.25, -0.2) is 4.79 Å². The zero-order valence-corrected chi connectivity index (χ0v) is 6.04. The molecule has 1 aliphatic rings. The third kappa shape index (κ3) is 2.07. The van der Waals surface area contributed by atoms with Crippen LogP contribution in [0.5, 0.6) is 0 Å². The van der Waals surface area contributed by atoms with Crippen molar-refractivity contribution in [3.05, 3.63) is 0 Å². The summed E-state index contributed by atoms with van der Waals surface area (Å²) in [5, 5.41) is 26.6. The monoisotopic (exact) mass is 173 g/mol. The summed E-state index contributed by atoms with van der Waals surface area (Å²) in [5.41, 5.74) is 0. The highest BCUT2D eigenvalue weighted by Gasteiger charge is 2.18. The molecule has 0 radical (unpaired) electrons. The third-order valence-corrected chi connectivity index (χ3v) is 1.08. The summed E-state index contributed by atoms with van der Waals surface area (Å²) in [4.78, 5) is 10.7. The van der Waals surface area contributed by atoms with Crippen molar-refractivity contribution in [2.24, 2.45) is 15.4 Å². The Morgan fingerprint density at radius 3 is 2.75 bits per heavy atom. The average Bonchev–Trinajstić information content (AvgIpc) is 1.97. The second-order valence-corrected chi connectivity index (χ2v) is 2.05. The zero-order chi connectivity index (χ0) is 8.97. The minimum absolute atomic E-state index is 0.125. The molecule has 1 heterocycles. The molecule has 0 spiro atoms. The first-order valence-corrected chi connectivity index (χ1v) is 3.19. The van der Waals surface area contributed by atoms with E-state index in [0.29, 0.717) is 0 Å². The molecule has 0 bridgehead atoms. The average molecular weight is 173 g/mol. The number of carbonyl (C=O) groups excluding carboxylic acids is 1. The van der Waals surface area contributed by atoms with Crippen molar-refractivity contribution in [1.82, 2.24) is 0 Å². The lowest BCUT2D eigenvalue weighted by Gasteiger charge is -2.07. The van der Waals surface area contributed by atoms with Gasteiger partial charge in [0.05, 0.1) is 6.61 Å². The number of carbonyl (C=O) groups is 1. The molecular weight excluding hydrogens is 166 g/mol. The molecule has 1 unspecified atom stereocenters. The van der Waals surface area contributed by atoms with Gasteiger partial charge in [0, 0.05) is 0 Å². The fraction of sp³-hybridized carbons (Fsp3) is 0.600. The number of hydrogen-bond acceptors (Lipinski definition) is 7. The maximum Gasteiger partial charge on any atom is 0.380 e. The maximum atomic E-state index is 10.7. The van der Waals surface area contributed by atoms with Crippen LogP contribution in [0.1, 0.15) is 0 Å².